The molecule has 0 saturated carbocycles. The fourth-order valence-electron chi connectivity index (χ4n) is 1.88. The Morgan fingerprint density at radius 2 is 2.21 bits per heavy atom. The molecule has 3 rings (SSSR count). The number of nitrogens with one attached hydrogen (secondary N) is 1. The average Bonchev–Trinajstić information content (AvgIpc) is 3.08. The Morgan fingerprint density at radius 3 is 2.95 bits per heavy atom. The molecule has 0 atom stereocenters. The summed E-state index contributed by atoms with van der Waals surface area (Å²) in [6, 6.07) is 10.4. The van der Waals surface area contributed by atoms with Crippen LogP contribution in [0.15, 0.2) is 58.9 Å². The van der Waals surface area contributed by atoms with Crippen molar-refractivity contribution >= 4 is 33.0 Å². The largest absolute Gasteiger partial charge is 0.378 e. The van der Waals surface area contributed by atoms with Gasteiger partial charge in [-0.05, 0) is 34.1 Å². The van der Waals surface area contributed by atoms with Gasteiger partial charge in [-0.1, -0.05) is 12.1 Å². The van der Waals surface area contributed by atoms with Gasteiger partial charge in [0.1, 0.15) is 0 Å². The molecule has 3 aromatic rings. The third-order valence-corrected chi connectivity index (χ3v) is 4.46. The molecule has 5 heteroatoms. The molecule has 0 fully saturated rings. The molecule has 0 aliphatic rings. The van der Waals surface area contributed by atoms with Crippen molar-refractivity contribution in [3.05, 3.63) is 63.8 Å². The minimum Gasteiger partial charge on any atom is -0.378 e. The van der Waals surface area contributed by atoms with Crippen LogP contribution in [0.1, 0.15) is 4.88 Å². The standard InChI is InChI=1S/C14H12BrN3S/c15-11-7-12(19-9-11)8-17-13-3-1-2-4-14(13)18-6-5-16-10-18/h1-7,9-10,17H,8H2. The maximum atomic E-state index is 4.09. The molecular formula is C14H12BrN3S. The molecule has 0 aliphatic heterocycles. The molecule has 96 valence electrons. The highest BCUT2D eigenvalue weighted by Gasteiger charge is 2.04. The number of rotatable bonds is 4. The van der Waals surface area contributed by atoms with E-state index in [-0.39, 0.29) is 0 Å². The highest BCUT2D eigenvalue weighted by atomic mass is 79.9. The predicted molar refractivity (Wildman–Crippen MR) is 82.9 cm³/mol. The van der Waals surface area contributed by atoms with Gasteiger partial charge in [0.2, 0.25) is 0 Å². The van der Waals surface area contributed by atoms with Crippen LogP contribution in [-0.4, -0.2) is 9.55 Å². The number of thiophene rings is 1. The van der Waals surface area contributed by atoms with Gasteiger partial charge in [-0.25, -0.2) is 4.98 Å². The van der Waals surface area contributed by atoms with Gasteiger partial charge in [0.05, 0.1) is 17.7 Å². The zero-order chi connectivity index (χ0) is 13.1. The minimum atomic E-state index is 0.821. The van der Waals surface area contributed by atoms with Gasteiger partial charge in [0, 0.05) is 33.7 Å². The van der Waals surface area contributed by atoms with Crippen LogP contribution in [0.3, 0.4) is 0 Å². The molecule has 1 aromatic carbocycles. The van der Waals surface area contributed by atoms with Gasteiger partial charge in [0.15, 0.2) is 0 Å². The Balaban J connectivity index is 1.81. The van der Waals surface area contributed by atoms with Gasteiger partial charge >= 0.3 is 0 Å². The second-order valence-corrected chi connectivity index (χ2v) is 5.98. The molecule has 0 amide bonds. The summed E-state index contributed by atoms with van der Waals surface area (Å²) in [5.41, 5.74) is 2.21. The Kier molecular flexibility index (Phi) is 3.66. The number of hydrogen-bond acceptors (Lipinski definition) is 3. The molecular weight excluding hydrogens is 322 g/mol. The van der Waals surface area contributed by atoms with Gasteiger partial charge in [-0.2, -0.15) is 0 Å². The van der Waals surface area contributed by atoms with Crippen LogP contribution in [0.5, 0.6) is 0 Å². The number of para-hydroxylation sites is 2. The van der Waals surface area contributed by atoms with Crippen molar-refractivity contribution in [2.24, 2.45) is 0 Å². The number of benzene rings is 1. The highest BCUT2D eigenvalue weighted by Crippen LogP contribution is 2.23. The summed E-state index contributed by atoms with van der Waals surface area (Å²) in [5, 5.41) is 5.57. The molecule has 2 aromatic heterocycles. The lowest BCUT2D eigenvalue weighted by molar-refractivity contribution is 1.05. The second kappa shape index (κ2) is 5.59. The van der Waals surface area contributed by atoms with E-state index in [1.54, 1.807) is 17.5 Å². The third-order valence-electron chi connectivity index (χ3n) is 2.76. The first kappa shape index (κ1) is 12.4. The molecule has 0 radical (unpaired) electrons. The van der Waals surface area contributed by atoms with Crippen LogP contribution in [0.4, 0.5) is 5.69 Å². The van der Waals surface area contributed by atoms with E-state index in [2.05, 4.69) is 49.8 Å². The van der Waals surface area contributed by atoms with Gasteiger partial charge in [-0.3, -0.25) is 0 Å². The molecule has 1 N–H and O–H groups in total. The molecule has 3 nitrogen and oxygen atoms in total. The Labute approximate surface area is 124 Å². The van der Waals surface area contributed by atoms with Crippen molar-refractivity contribution in [3.63, 3.8) is 0 Å². The van der Waals surface area contributed by atoms with E-state index in [1.807, 2.05) is 29.2 Å². The first-order valence-corrected chi connectivity index (χ1v) is 7.54. The number of halogens is 1. The van der Waals surface area contributed by atoms with Crippen LogP contribution in [-0.2, 0) is 6.54 Å². The fourth-order valence-corrected chi connectivity index (χ4v) is 3.27. The first-order chi connectivity index (χ1) is 9.33. The summed E-state index contributed by atoms with van der Waals surface area (Å²) in [5.74, 6) is 0. The molecule has 0 unspecified atom stereocenters. The summed E-state index contributed by atoms with van der Waals surface area (Å²) in [6.45, 7) is 0.821. The van der Waals surface area contributed by atoms with Crippen LogP contribution >= 0.6 is 27.3 Å². The number of hydrogen-bond donors (Lipinski definition) is 1. The van der Waals surface area contributed by atoms with E-state index in [1.165, 1.54) is 4.88 Å². The molecule has 19 heavy (non-hydrogen) atoms. The zero-order valence-electron chi connectivity index (χ0n) is 10.1. The topological polar surface area (TPSA) is 29.9 Å². The smallest absolute Gasteiger partial charge is 0.0992 e. The maximum absolute atomic E-state index is 4.09. The summed E-state index contributed by atoms with van der Waals surface area (Å²) in [4.78, 5) is 5.39. The normalized spacial score (nSPS) is 10.6. The van der Waals surface area contributed by atoms with Crippen molar-refractivity contribution in [3.8, 4) is 5.69 Å². The summed E-state index contributed by atoms with van der Waals surface area (Å²) >= 11 is 5.22. The van der Waals surface area contributed by atoms with Crippen LogP contribution < -0.4 is 5.32 Å². The Morgan fingerprint density at radius 1 is 1.32 bits per heavy atom. The minimum absolute atomic E-state index is 0.821. The predicted octanol–water partition coefficient (Wildman–Crippen LogP) is 4.31. The van der Waals surface area contributed by atoms with Gasteiger partial charge < -0.3 is 9.88 Å². The third kappa shape index (κ3) is 2.88. The van der Waals surface area contributed by atoms with Crippen molar-refractivity contribution < 1.29 is 0 Å². The SMILES string of the molecule is Brc1csc(CNc2ccccc2-n2ccnc2)c1. The van der Waals surface area contributed by atoms with E-state index < -0.39 is 0 Å². The quantitative estimate of drug-likeness (QED) is 0.771. The van der Waals surface area contributed by atoms with E-state index in [9.17, 15) is 0 Å². The highest BCUT2D eigenvalue weighted by molar-refractivity contribution is 9.10. The molecule has 0 aliphatic carbocycles. The van der Waals surface area contributed by atoms with E-state index in [0.717, 1.165) is 22.4 Å². The lowest BCUT2D eigenvalue weighted by atomic mass is 10.2. The van der Waals surface area contributed by atoms with Crippen molar-refractivity contribution in [1.29, 1.82) is 0 Å². The summed E-state index contributed by atoms with van der Waals surface area (Å²) < 4.78 is 3.14. The Hall–Kier alpha value is -1.59. The molecule has 2 heterocycles. The van der Waals surface area contributed by atoms with E-state index in [4.69, 9.17) is 0 Å². The maximum Gasteiger partial charge on any atom is 0.0992 e. The van der Waals surface area contributed by atoms with Crippen LogP contribution in [0.25, 0.3) is 5.69 Å². The van der Waals surface area contributed by atoms with Crippen molar-refractivity contribution in [2.75, 3.05) is 5.32 Å². The average molecular weight is 334 g/mol. The Bertz CT molecular complexity index is 661. The number of nitrogens with zero attached hydrogens (tertiary/aromatic N) is 2. The summed E-state index contributed by atoms with van der Waals surface area (Å²) in [7, 11) is 0. The summed E-state index contributed by atoms with van der Waals surface area (Å²) in [6.07, 6.45) is 5.54. The zero-order valence-corrected chi connectivity index (χ0v) is 12.5. The molecule has 0 saturated heterocycles. The number of anilines is 1. The van der Waals surface area contributed by atoms with Crippen LogP contribution in [0.2, 0.25) is 0 Å². The fraction of sp³-hybridized carbons (Fsp3) is 0.0714. The van der Waals surface area contributed by atoms with E-state index >= 15 is 0 Å². The lowest BCUT2D eigenvalue weighted by Gasteiger charge is -2.11. The second-order valence-electron chi connectivity index (χ2n) is 4.07. The number of aromatic nitrogens is 2. The van der Waals surface area contributed by atoms with Crippen molar-refractivity contribution in [1.82, 2.24) is 9.55 Å². The van der Waals surface area contributed by atoms with Crippen LogP contribution in [0, 0.1) is 0 Å². The van der Waals surface area contributed by atoms with E-state index in [0.29, 0.717) is 0 Å². The molecule has 0 spiro atoms. The first-order valence-electron chi connectivity index (χ1n) is 5.87. The van der Waals surface area contributed by atoms with Gasteiger partial charge in [-0.15, -0.1) is 11.3 Å². The van der Waals surface area contributed by atoms with Gasteiger partial charge in [0.25, 0.3) is 0 Å². The lowest BCUT2D eigenvalue weighted by Crippen LogP contribution is -2.02. The number of imidazole rings is 1. The molecule has 0 bridgehead atoms. The monoisotopic (exact) mass is 333 g/mol. The van der Waals surface area contributed by atoms with Crippen molar-refractivity contribution in [2.45, 2.75) is 6.54 Å².